The average molecular weight is 358 g/mol. The topological polar surface area (TPSA) is 83.3 Å². The molecule has 0 amide bonds. The van der Waals surface area contributed by atoms with Gasteiger partial charge in [0, 0.05) is 28.7 Å². The number of fused-ring (bicyclic) bond motifs is 1. The average Bonchev–Trinajstić information content (AvgIpc) is 3.08. The summed E-state index contributed by atoms with van der Waals surface area (Å²) in [4.78, 5) is 17.3. The Morgan fingerprint density at radius 3 is 2.44 bits per heavy atom. The second-order valence-corrected chi connectivity index (χ2v) is 6.43. The summed E-state index contributed by atoms with van der Waals surface area (Å²) in [6, 6.07) is 16.4. The molecular weight excluding hydrogens is 340 g/mol. The lowest BCUT2D eigenvalue weighted by Gasteiger charge is -2.13. The summed E-state index contributed by atoms with van der Waals surface area (Å²) in [5, 5.41) is 19.0. The molecule has 6 nitrogen and oxygen atoms in total. The largest absolute Gasteiger partial charge is 0.494 e. The molecule has 0 bridgehead atoms. The van der Waals surface area contributed by atoms with E-state index in [0.717, 1.165) is 11.3 Å². The highest BCUT2D eigenvalue weighted by molar-refractivity contribution is 6.02. The van der Waals surface area contributed by atoms with Crippen molar-refractivity contribution in [1.82, 2.24) is 14.8 Å². The molecule has 6 heteroatoms. The molecule has 0 fully saturated rings. The number of hydrogen-bond donors (Lipinski definition) is 2. The van der Waals surface area contributed by atoms with Gasteiger partial charge in [0.1, 0.15) is 0 Å². The Kier molecular flexibility index (Phi) is 4.08. The van der Waals surface area contributed by atoms with E-state index in [-0.39, 0.29) is 11.4 Å². The van der Waals surface area contributed by atoms with Crippen molar-refractivity contribution in [2.24, 2.45) is 4.99 Å². The molecule has 0 saturated heterocycles. The highest BCUT2D eigenvalue weighted by Crippen LogP contribution is 2.26. The molecule has 0 saturated carbocycles. The quantitative estimate of drug-likeness (QED) is 0.547. The van der Waals surface area contributed by atoms with Gasteiger partial charge in [0.15, 0.2) is 5.82 Å². The van der Waals surface area contributed by atoms with Crippen LogP contribution in [0.1, 0.15) is 16.8 Å². The Bertz CT molecular complexity index is 1220. The smallest absolute Gasteiger partial charge is 0.265 e. The first kappa shape index (κ1) is 16.8. The van der Waals surface area contributed by atoms with E-state index in [0.29, 0.717) is 27.8 Å². The molecule has 0 spiro atoms. The summed E-state index contributed by atoms with van der Waals surface area (Å²) in [7, 11) is 0. The zero-order valence-corrected chi connectivity index (χ0v) is 15.0. The molecule has 2 heterocycles. The van der Waals surface area contributed by atoms with Crippen molar-refractivity contribution < 1.29 is 5.11 Å². The zero-order chi connectivity index (χ0) is 19.0. The molecular formula is C21H18N4O2. The van der Waals surface area contributed by atoms with E-state index in [1.165, 1.54) is 10.8 Å². The van der Waals surface area contributed by atoms with Crippen LogP contribution in [0, 0.1) is 13.8 Å². The van der Waals surface area contributed by atoms with Crippen LogP contribution < -0.4 is 5.56 Å². The lowest BCUT2D eigenvalue weighted by atomic mass is 10.1. The van der Waals surface area contributed by atoms with E-state index in [1.807, 2.05) is 44.2 Å². The number of hydrogen-bond acceptors (Lipinski definition) is 4. The molecule has 0 unspecified atom stereocenters. The minimum atomic E-state index is -0.278. The molecule has 134 valence electrons. The van der Waals surface area contributed by atoms with Crippen LogP contribution in [0.5, 0.6) is 5.88 Å². The van der Waals surface area contributed by atoms with Gasteiger partial charge in [-0.25, -0.2) is 9.56 Å². The molecule has 4 aromatic rings. The minimum Gasteiger partial charge on any atom is -0.494 e. The maximum atomic E-state index is 13.0. The summed E-state index contributed by atoms with van der Waals surface area (Å²) < 4.78 is 1.30. The number of H-pyrrole nitrogens is 1. The molecule has 4 rings (SSSR count). The van der Waals surface area contributed by atoms with E-state index in [1.54, 1.807) is 24.3 Å². The van der Waals surface area contributed by atoms with Crippen molar-refractivity contribution in [2.75, 3.05) is 0 Å². The highest BCUT2D eigenvalue weighted by Gasteiger charge is 2.16. The van der Waals surface area contributed by atoms with Gasteiger partial charge in [-0.15, -0.1) is 0 Å². The normalized spacial score (nSPS) is 11.5. The number of aromatic amines is 1. The van der Waals surface area contributed by atoms with E-state index >= 15 is 0 Å². The fraction of sp³-hybridized carbons (Fsp3) is 0.0952. The summed E-state index contributed by atoms with van der Waals surface area (Å²) in [5.41, 5.74) is 2.74. The maximum absolute atomic E-state index is 13.0. The number of nitrogens with one attached hydrogen (secondary N) is 1. The van der Waals surface area contributed by atoms with Gasteiger partial charge in [-0.1, -0.05) is 35.9 Å². The monoisotopic (exact) mass is 358 g/mol. The molecule has 0 radical (unpaired) electrons. The first-order chi connectivity index (χ1) is 13.0. The van der Waals surface area contributed by atoms with Crippen LogP contribution in [-0.2, 0) is 0 Å². The van der Waals surface area contributed by atoms with Crippen molar-refractivity contribution in [2.45, 2.75) is 13.8 Å². The Morgan fingerprint density at radius 1 is 1.07 bits per heavy atom. The molecule has 0 aliphatic carbocycles. The van der Waals surface area contributed by atoms with Crippen LogP contribution in [0.25, 0.3) is 16.5 Å². The Balaban J connectivity index is 1.98. The number of aromatic hydroxyl groups is 1. The van der Waals surface area contributed by atoms with Crippen molar-refractivity contribution in [3.8, 4) is 11.6 Å². The van der Waals surface area contributed by atoms with Gasteiger partial charge in [-0.3, -0.25) is 9.89 Å². The van der Waals surface area contributed by atoms with Gasteiger partial charge >= 0.3 is 0 Å². The van der Waals surface area contributed by atoms with Gasteiger partial charge in [-0.2, -0.15) is 5.10 Å². The Hall–Kier alpha value is -3.67. The first-order valence-corrected chi connectivity index (χ1v) is 8.54. The molecule has 0 aliphatic heterocycles. The molecule has 27 heavy (non-hydrogen) atoms. The standard InChI is InChI=1S/C21H18N4O2/c1-13-7-9-15(10-8-13)25-20(26)17-6-4-3-5-16(17)18(21(25)27)12-22-19-11-14(2)23-24-19/h3-12,27H,1-2H3,(H,23,24). The number of aliphatic imine (C=N–C) groups is 1. The third-order valence-corrected chi connectivity index (χ3v) is 4.41. The van der Waals surface area contributed by atoms with Crippen molar-refractivity contribution in [3.05, 3.63) is 81.8 Å². The van der Waals surface area contributed by atoms with Gasteiger partial charge < -0.3 is 5.11 Å². The number of pyridine rings is 1. The number of aryl methyl sites for hydroxylation is 2. The van der Waals surface area contributed by atoms with Crippen LogP contribution >= 0.6 is 0 Å². The van der Waals surface area contributed by atoms with Gasteiger partial charge in [-0.05, 0) is 32.0 Å². The number of nitrogens with zero attached hydrogens (tertiary/aromatic N) is 3. The Morgan fingerprint density at radius 2 is 1.78 bits per heavy atom. The number of aromatic nitrogens is 3. The maximum Gasteiger partial charge on any atom is 0.265 e. The van der Waals surface area contributed by atoms with E-state index in [9.17, 15) is 9.90 Å². The van der Waals surface area contributed by atoms with E-state index in [4.69, 9.17) is 0 Å². The first-order valence-electron chi connectivity index (χ1n) is 8.54. The van der Waals surface area contributed by atoms with Crippen LogP contribution in [0.2, 0.25) is 0 Å². The zero-order valence-electron chi connectivity index (χ0n) is 15.0. The van der Waals surface area contributed by atoms with Crippen LogP contribution in [-0.4, -0.2) is 26.1 Å². The summed E-state index contributed by atoms with van der Waals surface area (Å²) in [6.45, 7) is 3.85. The van der Waals surface area contributed by atoms with E-state index < -0.39 is 0 Å². The van der Waals surface area contributed by atoms with Crippen molar-refractivity contribution in [1.29, 1.82) is 0 Å². The lowest BCUT2D eigenvalue weighted by Crippen LogP contribution is -2.20. The summed E-state index contributed by atoms with van der Waals surface area (Å²) >= 11 is 0. The van der Waals surface area contributed by atoms with Gasteiger partial charge in [0.25, 0.3) is 5.56 Å². The molecule has 2 N–H and O–H groups in total. The van der Waals surface area contributed by atoms with Crippen molar-refractivity contribution in [3.63, 3.8) is 0 Å². The number of rotatable bonds is 3. The SMILES string of the molecule is Cc1ccc(-n2c(O)c(C=Nc3cc(C)[nH]n3)c3ccccc3c2=O)cc1. The third kappa shape index (κ3) is 3.01. The second-order valence-electron chi connectivity index (χ2n) is 6.43. The summed E-state index contributed by atoms with van der Waals surface area (Å²) in [6.07, 6.45) is 1.54. The van der Waals surface area contributed by atoms with Crippen LogP contribution in [0.4, 0.5) is 5.82 Å². The van der Waals surface area contributed by atoms with Crippen molar-refractivity contribution >= 4 is 22.8 Å². The fourth-order valence-electron chi connectivity index (χ4n) is 3.02. The predicted octanol–water partition coefficient (Wildman–Crippen LogP) is 3.79. The van der Waals surface area contributed by atoms with Crippen LogP contribution in [0.3, 0.4) is 0 Å². The summed E-state index contributed by atoms with van der Waals surface area (Å²) in [5.74, 6) is 0.350. The van der Waals surface area contributed by atoms with Crippen LogP contribution in [0.15, 0.2) is 64.4 Å². The highest BCUT2D eigenvalue weighted by atomic mass is 16.3. The molecule has 2 aromatic carbocycles. The Labute approximate surface area is 155 Å². The third-order valence-electron chi connectivity index (χ3n) is 4.41. The predicted molar refractivity (Wildman–Crippen MR) is 107 cm³/mol. The molecule has 0 aliphatic rings. The fourth-order valence-corrected chi connectivity index (χ4v) is 3.02. The van der Waals surface area contributed by atoms with Gasteiger partial charge in [0.2, 0.25) is 5.88 Å². The minimum absolute atomic E-state index is 0.154. The lowest BCUT2D eigenvalue weighted by molar-refractivity contribution is 0.436. The molecule has 0 atom stereocenters. The number of benzene rings is 2. The second kappa shape index (κ2) is 6.57. The van der Waals surface area contributed by atoms with E-state index in [2.05, 4.69) is 15.2 Å². The van der Waals surface area contributed by atoms with Gasteiger partial charge in [0.05, 0.1) is 11.3 Å². The molecule has 2 aromatic heterocycles.